The van der Waals surface area contributed by atoms with E-state index in [-0.39, 0.29) is 6.10 Å². The van der Waals surface area contributed by atoms with E-state index in [4.69, 9.17) is 14.2 Å². The van der Waals surface area contributed by atoms with Crippen molar-refractivity contribution in [2.24, 2.45) is 0 Å². The molecule has 0 spiro atoms. The van der Waals surface area contributed by atoms with Crippen LogP contribution in [0.4, 0.5) is 0 Å². The van der Waals surface area contributed by atoms with Crippen molar-refractivity contribution < 1.29 is 19.0 Å². The van der Waals surface area contributed by atoms with Gasteiger partial charge in [-0.15, -0.1) is 0 Å². The number of hydrogen-bond acceptors (Lipinski definition) is 4. The minimum absolute atomic E-state index is 0.139. The highest BCUT2D eigenvalue weighted by atomic mass is 16.6. The lowest BCUT2D eigenvalue weighted by atomic mass is 10.1. The Morgan fingerprint density at radius 3 is 1.22 bits per heavy atom. The first-order valence-corrected chi connectivity index (χ1v) is 16.1. The first kappa shape index (κ1) is 35.4. The highest BCUT2D eigenvalue weighted by Gasteiger charge is 2.10. The summed E-state index contributed by atoms with van der Waals surface area (Å²) in [6, 6.07) is 0. The molecule has 0 rings (SSSR count). The number of unbranched alkanes of at least 4 members (excludes halogenated alkanes) is 22. The molecule has 0 amide bonds. The van der Waals surface area contributed by atoms with E-state index in [1.54, 1.807) is 0 Å². The summed E-state index contributed by atoms with van der Waals surface area (Å²) in [5, 5.41) is 0. The SMILES string of the molecule is CCCCCCCCCCCCCCOCC(COC=O)OCCCCCCCCCCCCCC. The molecule has 1 atom stereocenters. The van der Waals surface area contributed by atoms with Gasteiger partial charge in [0.1, 0.15) is 12.7 Å². The Morgan fingerprint density at radius 1 is 0.472 bits per heavy atom. The van der Waals surface area contributed by atoms with Crippen molar-refractivity contribution in [3.05, 3.63) is 0 Å². The van der Waals surface area contributed by atoms with Crippen LogP contribution in [0.25, 0.3) is 0 Å². The highest BCUT2D eigenvalue weighted by molar-refractivity contribution is 5.36. The summed E-state index contributed by atoms with van der Waals surface area (Å²) < 4.78 is 16.7. The van der Waals surface area contributed by atoms with E-state index in [1.807, 2.05) is 0 Å². The van der Waals surface area contributed by atoms with Crippen LogP contribution in [-0.4, -0.2) is 39.0 Å². The second kappa shape index (κ2) is 32.4. The predicted octanol–water partition coefficient (Wildman–Crippen LogP) is 9.96. The van der Waals surface area contributed by atoms with Gasteiger partial charge in [0.15, 0.2) is 0 Å². The van der Waals surface area contributed by atoms with Gasteiger partial charge in [0, 0.05) is 13.2 Å². The maximum atomic E-state index is 10.6. The van der Waals surface area contributed by atoms with Crippen LogP contribution in [0.5, 0.6) is 0 Å². The third kappa shape index (κ3) is 29.6. The number of carbonyl (C=O) groups is 1. The Hall–Kier alpha value is -0.610. The number of rotatable bonds is 32. The molecule has 0 aliphatic carbocycles. The highest BCUT2D eigenvalue weighted by Crippen LogP contribution is 2.13. The summed E-state index contributed by atoms with van der Waals surface area (Å²) in [6.07, 6.45) is 32.2. The molecular formula is C32H64O4. The Bertz CT molecular complexity index is 402. The van der Waals surface area contributed by atoms with Gasteiger partial charge in [-0.3, -0.25) is 4.79 Å². The first-order valence-electron chi connectivity index (χ1n) is 16.1. The van der Waals surface area contributed by atoms with Gasteiger partial charge in [0.05, 0.1) is 6.61 Å². The number of carbonyl (C=O) groups excluding carboxylic acids is 1. The van der Waals surface area contributed by atoms with Gasteiger partial charge in [0.2, 0.25) is 0 Å². The van der Waals surface area contributed by atoms with Crippen molar-refractivity contribution >= 4 is 6.47 Å². The lowest BCUT2D eigenvalue weighted by Gasteiger charge is -2.17. The lowest BCUT2D eigenvalue weighted by Crippen LogP contribution is -2.26. The summed E-state index contributed by atoms with van der Waals surface area (Å²) in [5.41, 5.74) is 0. The van der Waals surface area contributed by atoms with E-state index in [9.17, 15) is 4.79 Å². The zero-order valence-electron chi connectivity index (χ0n) is 24.6. The maximum absolute atomic E-state index is 10.6. The molecule has 0 saturated carbocycles. The van der Waals surface area contributed by atoms with Crippen LogP contribution < -0.4 is 0 Å². The largest absolute Gasteiger partial charge is 0.465 e. The average Bonchev–Trinajstić information content (AvgIpc) is 2.89. The van der Waals surface area contributed by atoms with Crippen molar-refractivity contribution in [1.29, 1.82) is 0 Å². The summed E-state index contributed by atoms with van der Waals surface area (Å²) in [6.45, 7) is 7.37. The molecule has 0 heterocycles. The molecule has 0 radical (unpaired) electrons. The summed E-state index contributed by atoms with van der Waals surface area (Å²) >= 11 is 0. The average molecular weight is 513 g/mol. The molecule has 36 heavy (non-hydrogen) atoms. The fourth-order valence-corrected chi connectivity index (χ4v) is 4.74. The van der Waals surface area contributed by atoms with Crippen LogP contribution in [0.1, 0.15) is 168 Å². The number of ether oxygens (including phenoxy) is 3. The van der Waals surface area contributed by atoms with E-state index < -0.39 is 0 Å². The smallest absolute Gasteiger partial charge is 0.293 e. The van der Waals surface area contributed by atoms with Gasteiger partial charge in [-0.25, -0.2) is 0 Å². The maximum Gasteiger partial charge on any atom is 0.293 e. The van der Waals surface area contributed by atoms with Crippen molar-refractivity contribution in [2.45, 2.75) is 174 Å². The zero-order chi connectivity index (χ0) is 26.2. The Kier molecular flexibility index (Phi) is 31.9. The van der Waals surface area contributed by atoms with Crippen molar-refractivity contribution in [1.82, 2.24) is 0 Å². The topological polar surface area (TPSA) is 44.8 Å². The molecule has 0 aliphatic heterocycles. The van der Waals surface area contributed by atoms with Gasteiger partial charge in [-0.05, 0) is 12.8 Å². The summed E-state index contributed by atoms with van der Waals surface area (Å²) in [7, 11) is 0. The van der Waals surface area contributed by atoms with Gasteiger partial charge in [-0.1, -0.05) is 155 Å². The molecule has 0 aromatic rings. The molecule has 0 bridgehead atoms. The van der Waals surface area contributed by atoms with E-state index >= 15 is 0 Å². The fraction of sp³-hybridized carbons (Fsp3) is 0.969. The van der Waals surface area contributed by atoms with Gasteiger partial charge in [0.25, 0.3) is 6.47 Å². The second-order valence-electron chi connectivity index (χ2n) is 10.8. The van der Waals surface area contributed by atoms with E-state index in [0.29, 0.717) is 19.7 Å². The van der Waals surface area contributed by atoms with Crippen LogP contribution in [0, 0.1) is 0 Å². The van der Waals surface area contributed by atoms with Gasteiger partial charge >= 0.3 is 0 Å². The van der Waals surface area contributed by atoms with Crippen molar-refractivity contribution in [3.8, 4) is 0 Å². The molecule has 0 aromatic heterocycles. The molecule has 0 fully saturated rings. The summed E-state index contributed by atoms with van der Waals surface area (Å²) in [4.78, 5) is 10.6. The molecule has 4 heteroatoms. The quantitative estimate of drug-likeness (QED) is 0.0664. The fourth-order valence-electron chi connectivity index (χ4n) is 4.74. The Balaban J connectivity index is 3.48. The molecule has 4 nitrogen and oxygen atoms in total. The minimum Gasteiger partial charge on any atom is -0.465 e. The lowest BCUT2D eigenvalue weighted by molar-refractivity contribution is -0.135. The van der Waals surface area contributed by atoms with E-state index in [1.165, 1.54) is 141 Å². The predicted molar refractivity (Wildman–Crippen MR) is 155 cm³/mol. The molecule has 1 unspecified atom stereocenters. The van der Waals surface area contributed by atoms with Crippen LogP contribution in [0.15, 0.2) is 0 Å². The van der Waals surface area contributed by atoms with Crippen molar-refractivity contribution in [2.75, 3.05) is 26.4 Å². The van der Waals surface area contributed by atoms with Crippen LogP contribution >= 0.6 is 0 Å². The number of hydrogen-bond donors (Lipinski definition) is 0. The van der Waals surface area contributed by atoms with Gasteiger partial charge in [-0.2, -0.15) is 0 Å². The van der Waals surface area contributed by atoms with Crippen LogP contribution in [0.2, 0.25) is 0 Å². The molecule has 0 aliphatic rings. The van der Waals surface area contributed by atoms with Gasteiger partial charge < -0.3 is 14.2 Å². The normalized spacial score (nSPS) is 12.2. The van der Waals surface area contributed by atoms with Crippen molar-refractivity contribution in [3.63, 3.8) is 0 Å². The molecule has 0 aromatic carbocycles. The monoisotopic (exact) mass is 512 g/mol. The van der Waals surface area contributed by atoms with E-state index in [0.717, 1.165) is 26.1 Å². The Morgan fingerprint density at radius 2 is 0.833 bits per heavy atom. The Labute approximate surface area is 226 Å². The molecule has 216 valence electrons. The minimum atomic E-state index is -0.139. The molecular weight excluding hydrogens is 448 g/mol. The zero-order valence-corrected chi connectivity index (χ0v) is 24.6. The van der Waals surface area contributed by atoms with E-state index in [2.05, 4.69) is 13.8 Å². The van der Waals surface area contributed by atoms with Crippen LogP contribution in [-0.2, 0) is 19.0 Å². The third-order valence-corrected chi connectivity index (χ3v) is 7.15. The summed E-state index contributed by atoms with van der Waals surface area (Å²) in [5.74, 6) is 0. The standard InChI is InChI=1S/C32H64O4/c1-3-5-7-9-11-13-15-17-19-21-23-25-27-34-29-32(30-35-31-33)36-28-26-24-22-20-18-16-14-12-10-8-6-4-2/h31-32H,3-30H2,1-2H3. The second-order valence-corrected chi connectivity index (χ2v) is 10.8. The molecule has 0 N–H and O–H groups in total. The molecule has 0 saturated heterocycles. The first-order chi connectivity index (χ1) is 17.8. The third-order valence-electron chi connectivity index (χ3n) is 7.15. The van der Waals surface area contributed by atoms with Crippen LogP contribution in [0.3, 0.4) is 0 Å².